The molecule has 0 spiro atoms. The summed E-state index contributed by atoms with van der Waals surface area (Å²) in [5.74, 6) is 0.330. The SMILES string of the molecule is COCCNC1CCC(Nc2cc(-c3cc(NCC4(C#N)CCOCC4)ccc3F)c(Cl)cn2)CC1. The van der Waals surface area contributed by atoms with E-state index >= 15 is 0 Å². The largest absolute Gasteiger partial charge is 0.383 e. The Labute approximate surface area is 217 Å². The Morgan fingerprint density at radius 2 is 1.92 bits per heavy atom. The normalized spacial score (nSPS) is 21.5. The van der Waals surface area contributed by atoms with Gasteiger partial charge in [-0.15, -0.1) is 0 Å². The molecule has 2 fully saturated rings. The van der Waals surface area contributed by atoms with Crippen LogP contribution in [0.2, 0.25) is 5.02 Å². The highest BCUT2D eigenvalue weighted by Gasteiger charge is 2.32. The summed E-state index contributed by atoms with van der Waals surface area (Å²) in [4.78, 5) is 4.45. The number of nitrogens with zero attached hydrogens (tertiary/aromatic N) is 2. The molecule has 1 aliphatic carbocycles. The molecule has 1 aromatic heterocycles. The molecule has 7 nitrogen and oxygen atoms in total. The summed E-state index contributed by atoms with van der Waals surface area (Å²) in [7, 11) is 1.71. The molecule has 3 N–H and O–H groups in total. The molecule has 0 atom stereocenters. The van der Waals surface area contributed by atoms with Gasteiger partial charge in [-0.3, -0.25) is 0 Å². The minimum atomic E-state index is -0.476. The van der Waals surface area contributed by atoms with E-state index in [1.54, 1.807) is 25.4 Å². The van der Waals surface area contributed by atoms with Gasteiger partial charge in [-0.25, -0.2) is 9.37 Å². The molecule has 1 saturated heterocycles. The number of methoxy groups -OCH3 is 1. The van der Waals surface area contributed by atoms with Crippen molar-refractivity contribution in [1.82, 2.24) is 10.3 Å². The monoisotopic (exact) mass is 515 g/mol. The van der Waals surface area contributed by atoms with Crippen LogP contribution in [0, 0.1) is 22.6 Å². The number of ether oxygens (including phenoxy) is 2. The Morgan fingerprint density at radius 1 is 1.17 bits per heavy atom. The number of anilines is 2. The molecule has 2 aromatic rings. The molecule has 2 heterocycles. The van der Waals surface area contributed by atoms with Crippen molar-refractivity contribution >= 4 is 23.1 Å². The van der Waals surface area contributed by atoms with Gasteiger partial charge in [-0.05, 0) is 62.8 Å². The van der Waals surface area contributed by atoms with Crippen LogP contribution in [-0.4, -0.2) is 57.1 Å². The highest BCUT2D eigenvalue weighted by Crippen LogP contribution is 2.35. The second kappa shape index (κ2) is 12.7. The Balaban J connectivity index is 1.42. The van der Waals surface area contributed by atoms with Gasteiger partial charge in [0.1, 0.15) is 11.6 Å². The van der Waals surface area contributed by atoms with Gasteiger partial charge in [0, 0.05) is 68.5 Å². The van der Waals surface area contributed by atoms with Gasteiger partial charge in [0.15, 0.2) is 0 Å². The highest BCUT2D eigenvalue weighted by atomic mass is 35.5. The van der Waals surface area contributed by atoms with Gasteiger partial charge in [-0.1, -0.05) is 11.6 Å². The van der Waals surface area contributed by atoms with Crippen molar-refractivity contribution in [3.8, 4) is 17.2 Å². The number of pyridine rings is 1. The van der Waals surface area contributed by atoms with E-state index in [4.69, 9.17) is 21.1 Å². The lowest BCUT2D eigenvalue weighted by Gasteiger charge is -2.31. The Hall–Kier alpha value is -2.44. The van der Waals surface area contributed by atoms with Gasteiger partial charge >= 0.3 is 0 Å². The summed E-state index contributed by atoms with van der Waals surface area (Å²) in [5.41, 5.74) is 1.26. The lowest BCUT2D eigenvalue weighted by Crippen LogP contribution is -2.38. The third-order valence-electron chi connectivity index (χ3n) is 7.25. The first-order valence-electron chi connectivity index (χ1n) is 12.7. The topological polar surface area (TPSA) is 91.2 Å². The van der Waals surface area contributed by atoms with E-state index in [2.05, 4.69) is 27.0 Å². The Bertz CT molecular complexity index is 1050. The molecule has 36 heavy (non-hydrogen) atoms. The number of rotatable bonds is 10. The van der Waals surface area contributed by atoms with Crippen LogP contribution < -0.4 is 16.0 Å². The van der Waals surface area contributed by atoms with Crippen molar-refractivity contribution < 1.29 is 13.9 Å². The zero-order valence-electron chi connectivity index (χ0n) is 20.8. The second-order valence-corrected chi connectivity index (χ2v) is 10.1. The molecule has 0 radical (unpaired) electrons. The van der Waals surface area contributed by atoms with Crippen molar-refractivity contribution in [2.45, 2.75) is 50.6 Å². The lowest BCUT2D eigenvalue weighted by atomic mass is 9.81. The molecule has 0 unspecified atom stereocenters. The van der Waals surface area contributed by atoms with Crippen LogP contribution in [0.1, 0.15) is 38.5 Å². The quantitative estimate of drug-likeness (QED) is 0.373. The van der Waals surface area contributed by atoms with E-state index in [1.165, 1.54) is 6.07 Å². The van der Waals surface area contributed by atoms with E-state index < -0.39 is 5.41 Å². The van der Waals surface area contributed by atoms with Crippen LogP contribution in [0.4, 0.5) is 15.9 Å². The minimum absolute atomic E-state index is 0.312. The zero-order chi connectivity index (χ0) is 25.4. The van der Waals surface area contributed by atoms with E-state index in [0.717, 1.165) is 44.5 Å². The number of aromatic nitrogens is 1. The van der Waals surface area contributed by atoms with Crippen LogP contribution >= 0.6 is 11.6 Å². The maximum atomic E-state index is 14.9. The van der Waals surface area contributed by atoms with Crippen LogP contribution in [0.15, 0.2) is 30.5 Å². The maximum Gasteiger partial charge on any atom is 0.131 e. The van der Waals surface area contributed by atoms with Crippen molar-refractivity contribution in [2.75, 3.05) is 50.7 Å². The molecule has 0 bridgehead atoms. The summed E-state index contributed by atoms with van der Waals surface area (Å²) in [6, 6.07) is 9.97. The van der Waals surface area contributed by atoms with E-state index in [0.29, 0.717) is 66.7 Å². The van der Waals surface area contributed by atoms with Crippen LogP contribution in [0.25, 0.3) is 11.1 Å². The predicted molar refractivity (Wildman–Crippen MR) is 141 cm³/mol. The van der Waals surface area contributed by atoms with Gasteiger partial charge in [0.05, 0.1) is 23.1 Å². The smallest absolute Gasteiger partial charge is 0.131 e. The highest BCUT2D eigenvalue weighted by molar-refractivity contribution is 6.33. The first kappa shape index (κ1) is 26.6. The zero-order valence-corrected chi connectivity index (χ0v) is 21.5. The van der Waals surface area contributed by atoms with Gasteiger partial charge in [0.25, 0.3) is 0 Å². The number of benzene rings is 1. The standard InChI is InChI=1S/C27H35ClFN5O2/c1-35-13-10-31-19-2-4-20(5-3-19)34-26-15-22(24(28)16-32-26)23-14-21(6-7-25(23)29)33-18-27(17-30)8-11-36-12-9-27/h6-7,14-16,19-20,31,33H,2-5,8-13,18H2,1H3,(H,32,34). The summed E-state index contributed by atoms with van der Waals surface area (Å²) in [6.07, 6.45) is 7.17. The summed E-state index contributed by atoms with van der Waals surface area (Å²) < 4.78 is 25.4. The van der Waals surface area contributed by atoms with Gasteiger partial charge in [0.2, 0.25) is 0 Å². The van der Waals surface area contributed by atoms with Crippen LogP contribution in [0.3, 0.4) is 0 Å². The van der Waals surface area contributed by atoms with E-state index in [-0.39, 0.29) is 5.82 Å². The minimum Gasteiger partial charge on any atom is -0.383 e. The Kier molecular flexibility index (Phi) is 9.38. The number of hydrogen-bond donors (Lipinski definition) is 3. The number of nitriles is 1. The van der Waals surface area contributed by atoms with Crippen molar-refractivity contribution in [1.29, 1.82) is 5.26 Å². The fraction of sp³-hybridized carbons (Fsp3) is 0.556. The van der Waals surface area contributed by atoms with Crippen molar-refractivity contribution in [2.24, 2.45) is 5.41 Å². The number of halogens is 2. The number of nitrogens with one attached hydrogen (secondary N) is 3. The first-order chi connectivity index (χ1) is 17.5. The van der Waals surface area contributed by atoms with Gasteiger partial charge in [-0.2, -0.15) is 5.26 Å². The maximum absolute atomic E-state index is 14.9. The van der Waals surface area contributed by atoms with Crippen LogP contribution in [0.5, 0.6) is 0 Å². The van der Waals surface area contributed by atoms with E-state index in [1.807, 2.05) is 6.07 Å². The van der Waals surface area contributed by atoms with Gasteiger partial charge < -0.3 is 25.4 Å². The Morgan fingerprint density at radius 3 is 2.64 bits per heavy atom. The third-order valence-corrected chi connectivity index (χ3v) is 7.55. The second-order valence-electron chi connectivity index (χ2n) is 9.74. The molecule has 0 amide bonds. The number of hydrogen-bond acceptors (Lipinski definition) is 7. The molecule has 4 rings (SSSR count). The summed E-state index contributed by atoms with van der Waals surface area (Å²) in [6.45, 7) is 3.23. The van der Waals surface area contributed by atoms with E-state index in [9.17, 15) is 9.65 Å². The fourth-order valence-electron chi connectivity index (χ4n) is 4.94. The molecule has 1 aliphatic heterocycles. The lowest BCUT2D eigenvalue weighted by molar-refractivity contribution is 0.0456. The molecular weight excluding hydrogens is 481 g/mol. The molecule has 1 saturated carbocycles. The first-order valence-corrected chi connectivity index (χ1v) is 13.1. The fourth-order valence-corrected chi connectivity index (χ4v) is 5.15. The average molecular weight is 516 g/mol. The van der Waals surface area contributed by atoms with Crippen molar-refractivity contribution in [3.63, 3.8) is 0 Å². The molecular formula is C27H35ClFN5O2. The molecule has 9 heteroatoms. The van der Waals surface area contributed by atoms with Crippen molar-refractivity contribution in [3.05, 3.63) is 41.3 Å². The predicted octanol–water partition coefficient (Wildman–Crippen LogP) is 5.23. The third kappa shape index (κ3) is 6.86. The summed E-state index contributed by atoms with van der Waals surface area (Å²) >= 11 is 6.47. The average Bonchev–Trinajstić information content (AvgIpc) is 2.91. The van der Waals surface area contributed by atoms with Crippen LogP contribution in [-0.2, 0) is 9.47 Å². The molecule has 194 valence electrons. The molecule has 1 aromatic carbocycles. The molecule has 2 aliphatic rings. The summed E-state index contributed by atoms with van der Waals surface area (Å²) in [5, 5.41) is 20.5.